The first-order valence-corrected chi connectivity index (χ1v) is 7.78. The molecule has 3 aromatic heterocycles. The summed E-state index contributed by atoms with van der Waals surface area (Å²) in [4.78, 5) is 5.58. The first-order chi connectivity index (χ1) is 9.76. The number of rotatable bonds is 4. The number of hydrogen-bond donors (Lipinski definition) is 1. The molecule has 0 aliphatic carbocycles. The van der Waals surface area contributed by atoms with Crippen LogP contribution < -0.4 is 5.32 Å². The van der Waals surface area contributed by atoms with E-state index in [4.69, 9.17) is 0 Å². The van der Waals surface area contributed by atoms with Crippen molar-refractivity contribution in [1.29, 1.82) is 0 Å². The summed E-state index contributed by atoms with van der Waals surface area (Å²) in [5.41, 5.74) is 2.12. The van der Waals surface area contributed by atoms with Gasteiger partial charge in [-0.25, -0.2) is 9.67 Å². The summed E-state index contributed by atoms with van der Waals surface area (Å²) >= 11 is 5.14. The van der Waals surface area contributed by atoms with Gasteiger partial charge in [0.25, 0.3) is 0 Å². The summed E-state index contributed by atoms with van der Waals surface area (Å²) in [6, 6.07) is 10.1. The average molecular weight is 349 g/mol. The van der Waals surface area contributed by atoms with Crippen LogP contribution in [0.1, 0.15) is 5.56 Å². The third kappa shape index (κ3) is 2.82. The van der Waals surface area contributed by atoms with Gasteiger partial charge in [-0.3, -0.25) is 0 Å². The highest BCUT2D eigenvalue weighted by Crippen LogP contribution is 2.30. The molecule has 0 bridgehead atoms. The molecular weight excluding hydrogens is 336 g/mol. The highest BCUT2D eigenvalue weighted by atomic mass is 79.9. The predicted molar refractivity (Wildman–Crippen MR) is 85.1 cm³/mol. The fraction of sp³-hybridized carbons (Fsp3) is 0.143. The van der Waals surface area contributed by atoms with E-state index in [-0.39, 0.29) is 0 Å². The SMILES string of the molecule is CNCc1ccc(-n2ccc(-c3ccc(Br)s3)n2)nc1. The Kier molecular flexibility index (Phi) is 3.95. The van der Waals surface area contributed by atoms with Crippen LogP contribution in [0, 0.1) is 0 Å². The molecule has 0 aliphatic heterocycles. The molecule has 0 radical (unpaired) electrons. The molecule has 6 heteroatoms. The van der Waals surface area contributed by atoms with Gasteiger partial charge in [-0.05, 0) is 52.8 Å². The number of nitrogens with one attached hydrogen (secondary N) is 1. The number of aromatic nitrogens is 3. The minimum Gasteiger partial charge on any atom is -0.316 e. The van der Waals surface area contributed by atoms with Crippen molar-refractivity contribution in [2.75, 3.05) is 7.05 Å². The second-order valence-electron chi connectivity index (χ2n) is 4.30. The van der Waals surface area contributed by atoms with E-state index < -0.39 is 0 Å². The van der Waals surface area contributed by atoms with E-state index in [0.717, 1.165) is 32.3 Å². The molecule has 3 heterocycles. The van der Waals surface area contributed by atoms with Crippen LogP contribution in [0.15, 0.2) is 46.5 Å². The molecule has 102 valence electrons. The molecule has 0 amide bonds. The van der Waals surface area contributed by atoms with Gasteiger partial charge in [0.2, 0.25) is 0 Å². The van der Waals surface area contributed by atoms with Crippen LogP contribution in [-0.4, -0.2) is 21.8 Å². The Labute approximate surface area is 129 Å². The number of halogens is 1. The highest BCUT2D eigenvalue weighted by Gasteiger charge is 2.07. The Balaban J connectivity index is 1.86. The number of thiophene rings is 1. The zero-order valence-corrected chi connectivity index (χ0v) is 13.3. The van der Waals surface area contributed by atoms with Gasteiger partial charge in [-0.1, -0.05) is 6.07 Å². The second kappa shape index (κ2) is 5.87. The van der Waals surface area contributed by atoms with E-state index in [1.54, 1.807) is 16.0 Å². The summed E-state index contributed by atoms with van der Waals surface area (Å²) < 4.78 is 2.91. The van der Waals surface area contributed by atoms with Crippen LogP contribution in [-0.2, 0) is 6.54 Å². The number of pyridine rings is 1. The van der Waals surface area contributed by atoms with Crippen molar-refractivity contribution in [2.45, 2.75) is 6.54 Å². The van der Waals surface area contributed by atoms with Gasteiger partial charge in [0.1, 0.15) is 5.69 Å². The van der Waals surface area contributed by atoms with E-state index in [1.807, 2.05) is 37.6 Å². The third-order valence-corrected chi connectivity index (χ3v) is 4.49. The van der Waals surface area contributed by atoms with Gasteiger partial charge in [0.15, 0.2) is 5.82 Å². The molecule has 20 heavy (non-hydrogen) atoms. The summed E-state index contributed by atoms with van der Waals surface area (Å²) in [7, 11) is 1.92. The molecule has 0 aliphatic rings. The molecule has 3 aromatic rings. The van der Waals surface area contributed by atoms with Crippen LogP contribution in [0.4, 0.5) is 0 Å². The Hall–Kier alpha value is -1.50. The molecular formula is C14H13BrN4S. The Morgan fingerprint density at radius 1 is 1.25 bits per heavy atom. The minimum absolute atomic E-state index is 0.820. The van der Waals surface area contributed by atoms with Gasteiger partial charge in [0.05, 0.1) is 8.66 Å². The maximum atomic E-state index is 4.57. The first kappa shape index (κ1) is 13.5. The van der Waals surface area contributed by atoms with Crippen LogP contribution in [0.2, 0.25) is 0 Å². The fourth-order valence-corrected chi connectivity index (χ4v) is 3.25. The van der Waals surface area contributed by atoms with Crippen molar-refractivity contribution in [3.63, 3.8) is 0 Å². The van der Waals surface area contributed by atoms with E-state index >= 15 is 0 Å². The number of nitrogens with zero attached hydrogens (tertiary/aromatic N) is 3. The minimum atomic E-state index is 0.820. The van der Waals surface area contributed by atoms with Crippen molar-refractivity contribution in [3.05, 3.63) is 52.1 Å². The van der Waals surface area contributed by atoms with E-state index in [0.29, 0.717) is 0 Å². The van der Waals surface area contributed by atoms with Gasteiger partial charge >= 0.3 is 0 Å². The average Bonchev–Trinajstić information content (AvgIpc) is 3.09. The molecule has 0 atom stereocenters. The molecule has 1 N–H and O–H groups in total. The summed E-state index contributed by atoms with van der Waals surface area (Å²) in [6.45, 7) is 0.820. The summed E-state index contributed by atoms with van der Waals surface area (Å²) in [6.07, 6.45) is 3.80. The largest absolute Gasteiger partial charge is 0.316 e. The molecule has 0 spiro atoms. The fourth-order valence-electron chi connectivity index (χ4n) is 1.90. The Bertz CT molecular complexity index is 702. The summed E-state index contributed by atoms with van der Waals surface area (Å²) in [5.74, 6) is 0.826. The van der Waals surface area contributed by atoms with Crippen LogP contribution in [0.25, 0.3) is 16.4 Å². The van der Waals surface area contributed by atoms with Crippen molar-refractivity contribution in [2.24, 2.45) is 0 Å². The molecule has 0 saturated carbocycles. The van der Waals surface area contributed by atoms with Gasteiger partial charge in [-0.2, -0.15) is 5.10 Å². The smallest absolute Gasteiger partial charge is 0.153 e. The lowest BCUT2D eigenvalue weighted by Gasteiger charge is -2.02. The lowest BCUT2D eigenvalue weighted by Crippen LogP contribution is -2.06. The highest BCUT2D eigenvalue weighted by molar-refractivity contribution is 9.11. The first-order valence-electron chi connectivity index (χ1n) is 6.17. The summed E-state index contributed by atoms with van der Waals surface area (Å²) in [5, 5.41) is 7.67. The normalized spacial score (nSPS) is 10.9. The zero-order chi connectivity index (χ0) is 13.9. The van der Waals surface area contributed by atoms with Crippen LogP contribution >= 0.6 is 27.3 Å². The molecule has 4 nitrogen and oxygen atoms in total. The molecule has 0 unspecified atom stereocenters. The Morgan fingerprint density at radius 2 is 2.15 bits per heavy atom. The van der Waals surface area contributed by atoms with Crippen LogP contribution in [0.3, 0.4) is 0 Å². The van der Waals surface area contributed by atoms with Gasteiger partial charge in [-0.15, -0.1) is 11.3 Å². The van der Waals surface area contributed by atoms with Crippen molar-refractivity contribution < 1.29 is 0 Å². The molecule has 3 rings (SSSR count). The topological polar surface area (TPSA) is 42.7 Å². The van der Waals surface area contributed by atoms with Crippen molar-refractivity contribution >= 4 is 27.3 Å². The lowest BCUT2D eigenvalue weighted by atomic mass is 10.3. The molecule has 0 fully saturated rings. The third-order valence-electron chi connectivity index (χ3n) is 2.84. The zero-order valence-electron chi connectivity index (χ0n) is 10.9. The molecule has 0 saturated heterocycles. The predicted octanol–water partition coefficient (Wildman–Crippen LogP) is 3.48. The monoisotopic (exact) mass is 348 g/mol. The van der Waals surface area contributed by atoms with E-state index in [9.17, 15) is 0 Å². The standard InChI is InChI=1S/C14H13BrN4S/c1-16-8-10-2-5-14(17-9-10)19-7-6-11(18-19)12-3-4-13(15)20-12/h2-7,9,16H,8H2,1H3. The Morgan fingerprint density at radius 3 is 2.80 bits per heavy atom. The van der Waals surface area contributed by atoms with Crippen molar-refractivity contribution in [3.8, 4) is 16.4 Å². The van der Waals surface area contributed by atoms with Gasteiger partial charge in [0, 0.05) is 18.9 Å². The molecule has 0 aromatic carbocycles. The maximum absolute atomic E-state index is 4.57. The maximum Gasteiger partial charge on any atom is 0.153 e. The van der Waals surface area contributed by atoms with Crippen LogP contribution in [0.5, 0.6) is 0 Å². The second-order valence-corrected chi connectivity index (χ2v) is 6.77. The van der Waals surface area contributed by atoms with Crippen molar-refractivity contribution in [1.82, 2.24) is 20.1 Å². The number of hydrogen-bond acceptors (Lipinski definition) is 4. The quantitative estimate of drug-likeness (QED) is 0.784. The van der Waals surface area contributed by atoms with E-state index in [2.05, 4.69) is 43.5 Å². The van der Waals surface area contributed by atoms with E-state index in [1.165, 1.54) is 0 Å². The lowest BCUT2D eigenvalue weighted by molar-refractivity contribution is 0.802. The van der Waals surface area contributed by atoms with Gasteiger partial charge < -0.3 is 5.32 Å².